The molecule has 0 fully saturated rings. The molecule has 3 heteroatoms. The van der Waals surface area contributed by atoms with E-state index in [1.807, 2.05) is 26.0 Å². The fourth-order valence-electron chi connectivity index (χ4n) is 5.66. The Morgan fingerprint density at radius 3 is 1.43 bits per heavy atom. The molecule has 7 rings (SSSR count). The van der Waals surface area contributed by atoms with E-state index in [9.17, 15) is 9.59 Å². The van der Waals surface area contributed by atoms with Crippen LogP contribution in [0.15, 0.2) is 70.3 Å². The molecule has 30 heavy (non-hydrogen) atoms. The summed E-state index contributed by atoms with van der Waals surface area (Å²) in [6.45, 7) is 3.79. The Morgan fingerprint density at radius 2 is 1.00 bits per heavy atom. The Hall–Kier alpha value is -3.72. The Morgan fingerprint density at radius 1 is 0.533 bits per heavy atom. The molecule has 0 aliphatic rings. The molecule has 1 heterocycles. The van der Waals surface area contributed by atoms with Crippen LogP contribution >= 0.6 is 0 Å². The summed E-state index contributed by atoms with van der Waals surface area (Å²) in [7, 11) is 0. The Balaban J connectivity index is 2.01. The van der Waals surface area contributed by atoms with Crippen molar-refractivity contribution in [3.05, 3.63) is 81.4 Å². The molecule has 0 radical (unpaired) electrons. The van der Waals surface area contributed by atoms with E-state index in [4.69, 9.17) is 0 Å². The summed E-state index contributed by atoms with van der Waals surface area (Å²) in [6.07, 6.45) is 0. The number of nitrogens with zero attached hydrogens (tertiary/aromatic N) is 1. The van der Waals surface area contributed by atoms with Crippen LogP contribution in [0.3, 0.4) is 0 Å². The fraction of sp³-hybridized carbons (Fsp3) is 0.111. The zero-order valence-electron chi connectivity index (χ0n) is 16.6. The number of hydrogen-bond donors (Lipinski definition) is 0. The highest BCUT2D eigenvalue weighted by Crippen LogP contribution is 2.46. The van der Waals surface area contributed by atoms with Gasteiger partial charge in [-0.15, -0.1) is 0 Å². The van der Waals surface area contributed by atoms with Crippen LogP contribution in [-0.4, -0.2) is 4.57 Å². The van der Waals surface area contributed by atoms with E-state index in [-0.39, 0.29) is 17.2 Å². The van der Waals surface area contributed by atoms with Crippen molar-refractivity contribution in [3.8, 4) is 0 Å². The quantitative estimate of drug-likeness (QED) is 0.255. The topological polar surface area (TPSA) is 39.1 Å². The van der Waals surface area contributed by atoms with Gasteiger partial charge in [0, 0.05) is 6.04 Å². The van der Waals surface area contributed by atoms with E-state index in [0.717, 1.165) is 32.3 Å². The van der Waals surface area contributed by atoms with Crippen LogP contribution in [0.2, 0.25) is 0 Å². The highest BCUT2D eigenvalue weighted by molar-refractivity contribution is 6.44. The van der Waals surface area contributed by atoms with Crippen molar-refractivity contribution in [2.45, 2.75) is 19.9 Å². The lowest BCUT2D eigenvalue weighted by Gasteiger charge is -2.18. The summed E-state index contributed by atoms with van der Waals surface area (Å²) in [4.78, 5) is 26.8. The fourth-order valence-corrected chi connectivity index (χ4v) is 5.66. The number of benzene rings is 6. The molecule has 0 spiro atoms. The maximum atomic E-state index is 13.4. The number of fused-ring (bicyclic) bond motifs is 4. The van der Waals surface area contributed by atoms with Gasteiger partial charge in [0.25, 0.3) is 11.1 Å². The van der Waals surface area contributed by atoms with Gasteiger partial charge in [-0.2, -0.15) is 0 Å². The van der Waals surface area contributed by atoms with Crippen LogP contribution in [0, 0.1) is 0 Å². The molecule has 3 nitrogen and oxygen atoms in total. The van der Waals surface area contributed by atoms with Crippen molar-refractivity contribution in [2.75, 3.05) is 0 Å². The minimum Gasteiger partial charge on any atom is -0.272 e. The van der Waals surface area contributed by atoms with Gasteiger partial charge >= 0.3 is 0 Å². The number of aromatic nitrogens is 1. The molecule has 7 aromatic rings. The molecule has 0 amide bonds. The first-order valence-electron chi connectivity index (χ1n) is 10.3. The van der Waals surface area contributed by atoms with Gasteiger partial charge in [-0.25, -0.2) is 0 Å². The van der Waals surface area contributed by atoms with Gasteiger partial charge in [-0.05, 0) is 67.7 Å². The molecule has 0 N–H and O–H groups in total. The van der Waals surface area contributed by atoms with Crippen molar-refractivity contribution in [3.63, 3.8) is 0 Å². The average molecular weight is 387 g/mol. The monoisotopic (exact) mass is 387 g/mol. The maximum Gasteiger partial charge on any atom is 0.262 e. The maximum absolute atomic E-state index is 13.4. The van der Waals surface area contributed by atoms with E-state index in [2.05, 4.69) is 48.5 Å². The van der Waals surface area contributed by atoms with Crippen molar-refractivity contribution >= 4 is 64.6 Å². The number of rotatable bonds is 1. The Bertz CT molecular complexity index is 1770. The van der Waals surface area contributed by atoms with Crippen LogP contribution in [-0.2, 0) is 0 Å². The second kappa shape index (κ2) is 5.06. The van der Waals surface area contributed by atoms with Crippen LogP contribution in [0.1, 0.15) is 19.9 Å². The predicted octanol–water partition coefficient (Wildman–Crippen LogP) is 6.02. The van der Waals surface area contributed by atoms with E-state index in [0.29, 0.717) is 10.8 Å². The minimum atomic E-state index is -0.181. The molecule has 0 saturated carbocycles. The summed E-state index contributed by atoms with van der Waals surface area (Å²) in [5.41, 5.74) is -0.356. The summed E-state index contributed by atoms with van der Waals surface area (Å²) in [6, 6.07) is 20.8. The predicted molar refractivity (Wildman–Crippen MR) is 126 cm³/mol. The first-order chi connectivity index (χ1) is 14.6. The molecule has 0 aliphatic carbocycles. The first-order valence-corrected chi connectivity index (χ1v) is 10.3. The lowest BCUT2D eigenvalue weighted by Crippen LogP contribution is -2.27. The zero-order valence-corrected chi connectivity index (χ0v) is 16.6. The second-order valence-electron chi connectivity index (χ2n) is 8.61. The van der Waals surface area contributed by atoms with Gasteiger partial charge < -0.3 is 0 Å². The summed E-state index contributed by atoms with van der Waals surface area (Å²) >= 11 is 0. The molecule has 0 unspecified atom stereocenters. The third kappa shape index (κ3) is 1.61. The van der Waals surface area contributed by atoms with Gasteiger partial charge in [-0.3, -0.25) is 14.2 Å². The average Bonchev–Trinajstić information content (AvgIpc) is 3.02. The Kier molecular flexibility index (Phi) is 2.72. The first kappa shape index (κ1) is 16.1. The second-order valence-corrected chi connectivity index (χ2v) is 8.61. The van der Waals surface area contributed by atoms with Gasteiger partial charge in [0.05, 0.1) is 10.8 Å². The normalized spacial score (nSPS) is 12.9. The highest BCUT2D eigenvalue weighted by Gasteiger charge is 2.25. The Labute approximate surface area is 170 Å². The van der Waals surface area contributed by atoms with E-state index in [1.165, 1.54) is 26.1 Å². The standard InChI is InChI=1S/C27H17NO2/c1-13(2)28-26(29)24-18-11-9-14-5-3-7-16-17-8-4-6-15-10-12-19(25(24)27(28)30)23(21(15)17)22(18)20(14)16/h3-13H,1-2H3. The molecule has 6 aromatic carbocycles. The molecular weight excluding hydrogens is 370 g/mol. The van der Waals surface area contributed by atoms with Gasteiger partial charge in [0.1, 0.15) is 0 Å². The van der Waals surface area contributed by atoms with Crippen LogP contribution in [0.25, 0.3) is 64.6 Å². The third-order valence-corrected chi connectivity index (χ3v) is 6.80. The summed E-state index contributed by atoms with van der Waals surface area (Å²) in [5.74, 6) is 0. The SMILES string of the molecule is CC(C)n1c(=O)c2c3ccc4cccc5c6cccc7ccc(c2c1=O)c(c76)c3c45. The smallest absolute Gasteiger partial charge is 0.262 e. The van der Waals surface area contributed by atoms with Crippen molar-refractivity contribution in [1.29, 1.82) is 0 Å². The van der Waals surface area contributed by atoms with Gasteiger partial charge in [-0.1, -0.05) is 60.7 Å². The van der Waals surface area contributed by atoms with Crippen molar-refractivity contribution < 1.29 is 0 Å². The summed E-state index contributed by atoms with van der Waals surface area (Å²) in [5, 5.41) is 12.2. The molecule has 0 atom stereocenters. The van der Waals surface area contributed by atoms with Gasteiger partial charge in [0.2, 0.25) is 0 Å². The number of hydrogen-bond acceptors (Lipinski definition) is 2. The van der Waals surface area contributed by atoms with Crippen molar-refractivity contribution in [2.24, 2.45) is 0 Å². The lowest BCUT2D eigenvalue weighted by atomic mass is 9.84. The van der Waals surface area contributed by atoms with Gasteiger partial charge in [0.15, 0.2) is 0 Å². The molecule has 0 bridgehead atoms. The highest BCUT2D eigenvalue weighted by atomic mass is 16.2. The molecular formula is C27H17NO2. The van der Waals surface area contributed by atoms with E-state index >= 15 is 0 Å². The molecule has 1 aromatic heterocycles. The van der Waals surface area contributed by atoms with Crippen LogP contribution in [0.5, 0.6) is 0 Å². The largest absolute Gasteiger partial charge is 0.272 e. The molecule has 0 saturated heterocycles. The summed E-state index contributed by atoms with van der Waals surface area (Å²) < 4.78 is 1.41. The van der Waals surface area contributed by atoms with Crippen LogP contribution < -0.4 is 11.1 Å². The van der Waals surface area contributed by atoms with E-state index in [1.54, 1.807) is 0 Å². The van der Waals surface area contributed by atoms with E-state index < -0.39 is 0 Å². The molecule has 142 valence electrons. The van der Waals surface area contributed by atoms with Crippen molar-refractivity contribution in [1.82, 2.24) is 4.57 Å². The van der Waals surface area contributed by atoms with Crippen LogP contribution in [0.4, 0.5) is 0 Å². The zero-order chi connectivity index (χ0) is 20.3. The third-order valence-electron chi connectivity index (χ3n) is 6.80. The molecule has 0 aliphatic heterocycles. The minimum absolute atomic E-state index is 0.178. The lowest BCUT2D eigenvalue weighted by molar-refractivity contribution is 0.574.